The number of nitrogens with one attached hydrogen (secondary N) is 1. The van der Waals surface area contributed by atoms with Gasteiger partial charge in [-0.2, -0.15) is 0 Å². The normalized spacial score (nSPS) is 17.7. The van der Waals surface area contributed by atoms with Crippen molar-refractivity contribution in [3.8, 4) is 5.88 Å². The molecule has 1 aliphatic heterocycles. The Morgan fingerprint density at radius 3 is 2.44 bits per heavy atom. The van der Waals surface area contributed by atoms with Gasteiger partial charge in [0.1, 0.15) is 6.04 Å². The Bertz CT molecular complexity index is 1080. The Morgan fingerprint density at radius 2 is 1.78 bits per heavy atom. The molecule has 1 aromatic carbocycles. The number of anilines is 1. The Hall–Kier alpha value is -3.43. The first-order chi connectivity index (χ1) is 17.4. The molecular weight excluding hydrogens is 458 g/mol. The third-order valence-electron chi connectivity index (χ3n) is 7.44. The van der Waals surface area contributed by atoms with E-state index in [0.717, 1.165) is 44.5 Å². The van der Waals surface area contributed by atoms with Crippen LogP contribution in [0.15, 0.2) is 40.1 Å². The third kappa shape index (κ3) is 6.22. The quantitative estimate of drug-likeness (QED) is 0.237. The number of imidazole rings is 1. The van der Waals surface area contributed by atoms with Crippen LogP contribution < -0.4 is 22.1 Å². The molecule has 2 fully saturated rings. The maximum absolute atomic E-state index is 13.8. The van der Waals surface area contributed by atoms with Gasteiger partial charge in [0, 0.05) is 38.4 Å². The van der Waals surface area contributed by atoms with E-state index in [1.54, 1.807) is 0 Å². The highest BCUT2D eigenvalue weighted by Crippen LogP contribution is 2.33. The summed E-state index contributed by atoms with van der Waals surface area (Å²) in [6, 6.07) is 9.47. The number of aliphatic imine (C=N–C) groups is 1. The number of nitrogens with two attached hydrogens (primary N) is 2. The molecule has 196 valence electrons. The van der Waals surface area contributed by atoms with Gasteiger partial charge in [0.15, 0.2) is 5.96 Å². The van der Waals surface area contributed by atoms with Crippen LogP contribution in [0.1, 0.15) is 56.7 Å². The van der Waals surface area contributed by atoms with Crippen LogP contribution in [-0.4, -0.2) is 64.1 Å². The van der Waals surface area contributed by atoms with Gasteiger partial charge in [-0.05, 0) is 37.3 Å². The number of rotatable bonds is 9. The summed E-state index contributed by atoms with van der Waals surface area (Å²) in [5, 5.41) is 11.0. The summed E-state index contributed by atoms with van der Waals surface area (Å²) in [7, 11) is 0. The molecule has 0 spiro atoms. The molecule has 4 rings (SSSR count). The van der Waals surface area contributed by atoms with E-state index in [1.165, 1.54) is 11.0 Å². The number of benzene rings is 1. The lowest BCUT2D eigenvalue weighted by molar-refractivity contribution is -0.136. The molecule has 10 heteroatoms. The number of para-hydroxylation sites is 1. The van der Waals surface area contributed by atoms with Crippen molar-refractivity contribution in [3.63, 3.8) is 0 Å². The van der Waals surface area contributed by atoms with Gasteiger partial charge in [-0.15, -0.1) is 0 Å². The lowest BCUT2D eigenvalue weighted by atomic mass is 9.84. The van der Waals surface area contributed by atoms with Crippen LogP contribution in [0.2, 0.25) is 0 Å². The predicted octanol–water partition coefficient (Wildman–Crippen LogP) is 1.95. The number of hydrogen-bond donors (Lipinski definition) is 4. The second-order valence-corrected chi connectivity index (χ2v) is 9.92. The Kier molecular flexibility index (Phi) is 8.56. The van der Waals surface area contributed by atoms with E-state index in [4.69, 9.17) is 11.5 Å². The largest absolute Gasteiger partial charge is 0.493 e. The minimum Gasteiger partial charge on any atom is -0.493 e. The van der Waals surface area contributed by atoms with Crippen LogP contribution in [0.5, 0.6) is 5.88 Å². The smallest absolute Gasteiger partial charge is 0.329 e. The van der Waals surface area contributed by atoms with E-state index in [9.17, 15) is 14.7 Å². The number of piperazine rings is 1. The van der Waals surface area contributed by atoms with Crippen molar-refractivity contribution in [2.45, 2.75) is 57.4 Å². The van der Waals surface area contributed by atoms with Gasteiger partial charge in [-0.1, -0.05) is 50.3 Å². The molecule has 1 saturated carbocycles. The van der Waals surface area contributed by atoms with E-state index in [-0.39, 0.29) is 17.7 Å². The highest BCUT2D eigenvalue weighted by Gasteiger charge is 2.34. The molecule has 10 nitrogen and oxygen atoms in total. The molecule has 0 radical (unpaired) electrons. The van der Waals surface area contributed by atoms with Crippen LogP contribution in [0.25, 0.3) is 0 Å². The van der Waals surface area contributed by atoms with E-state index in [1.807, 2.05) is 23.1 Å². The van der Waals surface area contributed by atoms with Crippen LogP contribution in [0.3, 0.4) is 0 Å². The molecule has 2 aromatic rings. The Morgan fingerprint density at radius 1 is 1.08 bits per heavy atom. The number of aromatic nitrogens is 2. The number of guanidine groups is 1. The van der Waals surface area contributed by atoms with E-state index >= 15 is 0 Å². The standard InChI is InChI=1S/C26H39N7O3/c27-25(28)29-13-7-12-21-23(34)33(26(36)30-21)22(18-19-8-3-1-4-9-19)24(35)32-16-14-31(15-17-32)20-10-5-2-6-11-20/h2,5-6,10-11,19,22,34H,1,3-4,7-9,12-18H2,(H,30,36)(H4,27,28,29)/t22-/m1/s1. The number of hydrogen-bond acceptors (Lipinski definition) is 5. The molecule has 6 N–H and O–H groups in total. The summed E-state index contributed by atoms with van der Waals surface area (Å²) >= 11 is 0. The third-order valence-corrected chi connectivity index (χ3v) is 7.44. The van der Waals surface area contributed by atoms with Crippen molar-refractivity contribution in [1.29, 1.82) is 0 Å². The van der Waals surface area contributed by atoms with Crippen LogP contribution in [0, 0.1) is 5.92 Å². The average Bonchev–Trinajstić information content (AvgIpc) is 3.18. The molecule has 2 heterocycles. The highest BCUT2D eigenvalue weighted by atomic mass is 16.3. The molecule has 1 amide bonds. The van der Waals surface area contributed by atoms with Crippen LogP contribution >= 0.6 is 0 Å². The summed E-state index contributed by atoms with van der Waals surface area (Å²) in [6.45, 7) is 3.03. The van der Waals surface area contributed by atoms with Gasteiger partial charge >= 0.3 is 5.69 Å². The predicted molar refractivity (Wildman–Crippen MR) is 141 cm³/mol. The van der Waals surface area contributed by atoms with Crippen molar-refractivity contribution in [3.05, 3.63) is 46.5 Å². The van der Waals surface area contributed by atoms with Gasteiger partial charge in [0.25, 0.3) is 0 Å². The van der Waals surface area contributed by atoms with Crippen LogP contribution in [-0.2, 0) is 11.2 Å². The van der Waals surface area contributed by atoms with Gasteiger partial charge in [0.2, 0.25) is 11.8 Å². The summed E-state index contributed by atoms with van der Waals surface area (Å²) in [4.78, 5) is 37.7. The Labute approximate surface area is 212 Å². The summed E-state index contributed by atoms with van der Waals surface area (Å²) in [6.07, 6.45) is 7.14. The molecule has 2 aliphatic rings. The number of H-pyrrole nitrogens is 1. The fourth-order valence-electron chi connectivity index (χ4n) is 5.50. The number of aryl methyl sites for hydroxylation is 1. The first-order valence-electron chi connectivity index (χ1n) is 13.1. The first-order valence-corrected chi connectivity index (χ1v) is 13.1. The van der Waals surface area contributed by atoms with Gasteiger partial charge in [-0.25, -0.2) is 4.79 Å². The molecule has 0 unspecified atom stereocenters. The van der Waals surface area contributed by atoms with E-state index < -0.39 is 11.7 Å². The fraction of sp³-hybridized carbons (Fsp3) is 0.577. The zero-order chi connectivity index (χ0) is 25.5. The monoisotopic (exact) mass is 497 g/mol. The SMILES string of the molecule is NC(N)=NCCCc1[nH]c(=O)n([C@H](CC2CCCCC2)C(=O)N2CCN(c3ccccc3)CC2)c1O. The lowest BCUT2D eigenvalue weighted by Crippen LogP contribution is -2.51. The minimum atomic E-state index is -0.716. The highest BCUT2D eigenvalue weighted by molar-refractivity contribution is 5.81. The average molecular weight is 498 g/mol. The van der Waals surface area contributed by atoms with Gasteiger partial charge in [0.05, 0.1) is 5.69 Å². The molecule has 0 bridgehead atoms. The number of carbonyl (C=O) groups is 1. The van der Waals surface area contributed by atoms with Crippen molar-refractivity contribution in [2.24, 2.45) is 22.4 Å². The zero-order valence-corrected chi connectivity index (χ0v) is 20.9. The summed E-state index contributed by atoms with van der Waals surface area (Å²) in [5.74, 6) is 0.138. The number of amides is 1. The van der Waals surface area contributed by atoms with Gasteiger partial charge in [-0.3, -0.25) is 14.4 Å². The summed E-state index contributed by atoms with van der Waals surface area (Å²) < 4.78 is 1.29. The molecule has 1 saturated heterocycles. The van der Waals surface area contributed by atoms with Crippen molar-refractivity contribution in [1.82, 2.24) is 14.5 Å². The second kappa shape index (κ2) is 12.0. The maximum Gasteiger partial charge on any atom is 0.329 e. The molecule has 1 atom stereocenters. The molecular formula is C26H39N7O3. The summed E-state index contributed by atoms with van der Waals surface area (Å²) in [5.41, 5.74) is 11.9. The van der Waals surface area contributed by atoms with Crippen molar-refractivity contribution in [2.75, 3.05) is 37.6 Å². The first kappa shape index (κ1) is 25.7. The second-order valence-electron chi connectivity index (χ2n) is 9.92. The van der Waals surface area contributed by atoms with Crippen molar-refractivity contribution < 1.29 is 9.90 Å². The Balaban J connectivity index is 1.51. The zero-order valence-electron chi connectivity index (χ0n) is 20.9. The van der Waals surface area contributed by atoms with Crippen LogP contribution in [0.4, 0.5) is 5.69 Å². The molecule has 1 aromatic heterocycles. The fourth-order valence-corrected chi connectivity index (χ4v) is 5.50. The number of nitrogens with zero attached hydrogens (tertiary/aromatic N) is 4. The number of aromatic hydroxyl groups is 1. The van der Waals surface area contributed by atoms with Crippen molar-refractivity contribution >= 4 is 17.6 Å². The number of aromatic amines is 1. The molecule has 36 heavy (non-hydrogen) atoms. The van der Waals surface area contributed by atoms with E-state index in [2.05, 4.69) is 27.0 Å². The maximum atomic E-state index is 13.8. The lowest BCUT2D eigenvalue weighted by Gasteiger charge is -2.38. The number of carbonyl (C=O) groups excluding carboxylic acids is 1. The van der Waals surface area contributed by atoms with Gasteiger partial charge < -0.3 is 31.4 Å². The van der Waals surface area contributed by atoms with E-state index in [0.29, 0.717) is 50.5 Å². The topological polar surface area (TPSA) is 146 Å². The molecule has 1 aliphatic carbocycles. The minimum absolute atomic E-state index is 0.00999.